The van der Waals surface area contributed by atoms with Crippen LogP contribution in [0.2, 0.25) is 10.0 Å². The van der Waals surface area contributed by atoms with Crippen LogP contribution in [0.5, 0.6) is 0 Å². The summed E-state index contributed by atoms with van der Waals surface area (Å²) in [4.78, 5) is 26.2. The SMILES string of the molecule is CC(C)(C)c1ccc(C(=O)c2cccc(NC(=O)[C@H]3CCCN(S(=O)(=O)Cc4ccc(Cl)c(Cl)c4)C3)c2)cc1. The van der Waals surface area contributed by atoms with Gasteiger partial charge in [-0.2, -0.15) is 0 Å². The Bertz CT molecular complexity index is 1480. The van der Waals surface area contributed by atoms with Gasteiger partial charge in [0.1, 0.15) is 0 Å². The second-order valence-corrected chi connectivity index (χ2v) is 13.7. The van der Waals surface area contributed by atoms with E-state index in [1.54, 1.807) is 42.5 Å². The Balaban J connectivity index is 1.42. The van der Waals surface area contributed by atoms with Gasteiger partial charge in [-0.25, -0.2) is 12.7 Å². The molecular formula is C30H32Cl2N2O4S. The summed E-state index contributed by atoms with van der Waals surface area (Å²) in [7, 11) is -3.66. The normalized spacial score (nSPS) is 16.6. The highest BCUT2D eigenvalue weighted by Gasteiger charge is 2.32. The first-order valence-corrected chi connectivity index (χ1v) is 15.2. The van der Waals surface area contributed by atoms with E-state index < -0.39 is 15.9 Å². The van der Waals surface area contributed by atoms with Crippen LogP contribution in [-0.2, 0) is 26.0 Å². The first kappa shape index (κ1) is 29.3. The predicted molar refractivity (Wildman–Crippen MR) is 157 cm³/mol. The molecule has 6 nitrogen and oxygen atoms in total. The third-order valence-corrected chi connectivity index (χ3v) is 9.44. The van der Waals surface area contributed by atoms with Crippen LogP contribution < -0.4 is 5.32 Å². The Hall–Kier alpha value is -2.71. The van der Waals surface area contributed by atoms with Crippen molar-refractivity contribution in [2.24, 2.45) is 5.92 Å². The second-order valence-electron chi connectivity index (χ2n) is 10.9. The number of anilines is 1. The molecule has 0 aromatic heterocycles. The van der Waals surface area contributed by atoms with Crippen LogP contribution in [-0.4, -0.2) is 37.5 Å². The monoisotopic (exact) mass is 586 g/mol. The van der Waals surface area contributed by atoms with Crippen molar-refractivity contribution in [2.75, 3.05) is 18.4 Å². The van der Waals surface area contributed by atoms with Gasteiger partial charge in [0.2, 0.25) is 15.9 Å². The highest BCUT2D eigenvalue weighted by molar-refractivity contribution is 7.88. The molecule has 1 fully saturated rings. The van der Waals surface area contributed by atoms with Gasteiger partial charge in [0, 0.05) is 29.9 Å². The molecule has 0 saturated carbocycles. The van der Waals surface area contributed by atoms with Crippen molar-refractivity contribution < 1.29 is 18.0 Å². The molecule has 1 N–H and O–H groups in total. The molecule has 0 bridgehead atoms. The highest BCUT2D eigenvalue weighted by atomic mass is 35.5. The van der Waals surface area contributed by atoms with Gasteiger partial charge in [-0.1, -0.05) is 86.4 Å². The third kappa shape index (κ3) is 7.28. The number of halogens is 2. The molecular weight excluding hydrogens is 555 g/mol. The molecule has 9 heteroatoms. The topological polar surface area (TPSA) is 83.6 Å². The van der Waals surface area contributed by atoms with Gasteiger partial charge in [0.05, 0.1) is 21.7 Å². The number of ketones is 1. The van der Waals surface area contributed by atoms with Crippen LogP contribution >= 0.6 is 23.2 Å². The first-order valence-electron chi connectivity index (χ1n) is 12.8. The zero-order chi connectivity index (χ0) is 28.4. The number of nitrogens with zero attached hydrogens (tertiary/aromatic N) is 1. The van der Waals surface area contributed by atoms with E-state index in [9.17, 15) is 18.0 Å². The maximum absolute atomic E-state index is 13.1. The van der Waals surface area contributed by atoms with E-state index in [4.69, 9.17) is 23.2 Å². The number of carbonyl (C=O) groups is 2. The van der Waals surface area contributed by atoms with E-state index in [-0.39, 0.29) is 29.4 Å². The van der Waals surface area contributed by atoms with Crippen LogP contribution in [0.3, 0.4) is 0 Å². The molecule has 1 amide bonds. The van der Waals surface area contributed by atoms with Gasteiger partial charge in [-0.15, -0.1) is 0 Å². The maximum atomic E-state index is 13.1. The molecule has 39 heavy (non-hydrogen) atoms. The maximum Gasteiger partial charge on any atom is 0.228 e. The van der Waals surface area contributed by atoms with Crippen molar-refractivity contribution >= 4 is 50.6 Å². The Morgan fingerprint density at radius 2 is 1.67 bits per heavy atom. The fourth-order valence-corrected chi connectivity index (χ4v) is 6.53. The summed E-state index contributed by atoms with van der Waals surface area (Å²) in [6, 6.07) is 19.1. The van der Waals surface area contributed by atoms with E-state index in [2.05, 4.69) is 26.1 Å². The lowest BCUT2D eigenvalue weighted by molar-refractivity contribution is -0.120. The first-order chi connectivity index (χ1) is 18.3. The van der Waals surface area contributed by atoms with E-state index >= 15 is 0 Å². The summed E-state index contributed by atoms with van der Waals surface area (Å²) in [6.07, 6.45) is 1.14. The number of benzene rings is 3. The van der Waals surface area contributed by atoms with Gasteiger partial charge >= 0.3 is 0 Å². The lowest BCUT2D eigenvalue weighted by atomic mass is 9.86. The van der Waals surface area contributed by atoms with E-state index in [1.165, 1.54) is 4.31 Å². The molecule has 1 heterocycles. The van der Waals surface area contributed by atoms with Crippen LogP contribution in [0.4, 0.5) is 5.69 Å². The molecule has 3 aromatic rings. The number of sulfonamides is 1. The third-order valence-electron chi connectivity index (χ3n) is 6.89. The summed E-state index contributed by atoms with van der Waals surface area (Å²) in [5, 5.41) is 3.53. The molecule has 3 aromatic carbocycles. The fourth-order valence-electron chi connectivity index (χ4n) is 4.61. The zero-order valence-corrected chi connectivity index (χ0v) is 24.5. The average Bonchev–Trinajstić information content (AvgIpc) is 2.90. The van der Waals surface area contributed by atoms with Crippen molar-refractivity contribution in [1.82, 2.24) is 4.31 Å². The Kier molecular flexibility index (Phi) is 8.86. The van der Waals surface area contributed by atoms with Crippen LogP contribution in [0.15, 0.2) is 66.7 Å². The molecule has 0 aliphatic carbocycles. The summed E-state index contributed by atoms with van der Waals surface area (Å²) >= 11 is 12.0. The molecule has 0 spiro atoms. The Labute approximate surface area is 240 Å². The average molecular weight is 588 g/mol. The summed E-state index contributed by atoms with van der Waals surface area (Å²) < 4.78 is 27.5. The minimum Gasteiger partial charge on any atom is -0.326 e. The summed E-state index contributed by atoms with van der Waals surface area (Å²) in [5.74, 6) is -1.14. The van der Waals surface area contributed by atoms with Gasteiger partial charge < -0.3 is 5.32 Å². The minimum absolute atomic E-state index is 0.0105. The van der Waals surface area contributed by atoms with Crippen molar-refractivity contribution in [3.05, 3.63) is 99.0 Å². The molecule has 1 atom stereocenters. The number of carbonyl (C=O) groups excluding carboxylic acids is 2. The standard InChI is InChI=1S/C30H32Cl2N2O4S/c1-30(2,3)24-12-10-21(11-13-24)28(35)22-6-4-8-25(17-22)33-29(36)23-7-5-15-34(18-23)39(37,38)19-20-9-14-26(31)27(32)16-20/h4,6,8-14,16-17,23H,5,7,15,18-19H2,1-3H3,(H,33,36)/t23-/m0/s1. The van der Waals surface area contributed by atoms with Crippen molar-refractivity contribution in [3.63, 3.8) is 0 Å². The van der Waals surface area contributed by atoms with E-state index in [1.807, 2.05) is 24.3 Å². The van der Waals surface area contributed by atoms with Gasteiger partial charge in [0.25, 0.3) is 0 Å². The molecule has 1 aliphatic rings. The largest absolute Gasteiger partial charge is 0.326 e. The number of hydrogen-bond acceptors (Lipinski definition) is 4. The highest BCUT2D eigenvalue weighted by Crippen LogP contribution is 2.27. The Morgan fingerprint density at radius 1 is 0.949 bits per heavy atom. The fraction of sp³-hybridized carbons (Fsp3) is 0.333. The minimum atomic E-state index is -3.66. The molecule has 4 rings (SSSR count). The van der Waals surface area contributed by atoms with Gasteiger partial charge in [-0.3, -0.25) is 9.59 Å². The van der Waals surface area contributed by atoms with Crippen LogP contribution in [0.1, 0.15) is 60.7 Å². The number of nitrogens with one attached hydrogen (secondary N) is 1. The smallest absolute Gasteiger partial charge is 0.228 e. The van der Waals surface area contributed by atoms with Crippen molar-refractivity contribution in [2.45, 2.75) is 44.8 Å². The lowest BCUT2D eigenvalue weighted by Gasteiger charge is -2.31. The van der Waals surface area contributed by atoms with Gasteiger partial charge in [-0.05, 0) is 53.6 Å². The number of rotatable bonds is 7. The summed E-state index contributed by atoms with van der Waals surface area (Å²) in [6.45, 7) is 6.80. The quantitative estimate of drug-likeness (QED) is 0.312. The number of amides is 1. The molecule has 1 aliphatic heterocycles. The van der Waals surface area contributed by atoms with Crippen LogP contribution in [0, 0.1) is 5.92 Å². The number of hydrogen-bond donors (Lipinski definition) is 1. The second kappa shape index (κ2) is 11.8. The summed E-state index contributed by atoms with van der Waals surface area (Å²) in [5.41, 5.74) is 3.19. The van der Waals surface area contributed by atoms with Crippen LogP contribution in [0.25, 0.3) is 0 Å². The van der Waals surface area contributed by atoms with E-state index in [0.717, 1.165) is 5.56 Å². The number of piperidine rings is 1. The molecule has 1 saturated heterocycles. The van der Waals surface area contributed by atoms with Gasteiger partial charge in [0.15, 0.2) is 5.78 Å². The molecule has 0 radical (unpaired) electrons. The zero-order valence-electron chi connectivity index (χ0n) is 22.2. The van der Waals surface area contributed by atoms with Crippen molar-refractivity contribution in [3.8, 4) is 0 Å². The molecule has 0 unspecified atom stereocenters. The Morgan fingerprint density at radius 3 is 2.33 bits per heavy atom. The lowest BCUT2D eigenvalue weighted by Crippen LogP contribution is -2.44. The van der Waals surface area contributed by atoms with E-state index in [0.29, 0.717) is 51.8 Å². The predicted octanol–water partition coefficient (Wildman–Crippen LogP) is 6.70. The molecule has 206 valence electrons. The van der Waals surface area contributed by atoms with Crippen molar-refractivity contribution in [1.29, 1.82) is 0 Å².